The number of anilines is 1. The Morgan fingerprint density at radius 2 is 1.89 bits per heavy atom. The minimum absolute atomic E-state index is 0.0688. The molecule has 0 saturated heterocycles. The van der Waals surface area contributed by atoms with E-state index in [-0.39, 0.29) is 10.2 Å². The molecule has 28 heavy (non-hydrogen) atoms. The van der Waals surface area contributed by atoms with Crippen molar-refractivity contribution in [1.82, 2.24) is 14.8 Å². The smallest absolute Gasteiger partial charge is 0.404 e. The van der Waals surface area contributed by atoms with Gasteiger partial charge in [0.2, 0.25) is 0 Å². The molecule has 0 saturated carbocycles. The van der Waals surface area contributed by atoms with E-state index in [4.69, 9.17) is 0 Å². The van der Waals surface area contributed by atoms with Gasteiger partial charge in [0, 0.05) is 35.0 Å². The highest BCUT2D eigenvalue weighted by atomic mass is 79.9. The van der Waals surface area contributed by atoms with Crippen LogP contribution in [0.3, 0.4) is 0 Å². The van der Waals surface area contributed by atoms with Gasteiger partial charge in [0.1, 0.15) is 10.6 Å². The third-order valence-corrected chi connectivity index (χ3v) is 5.35. The summed E-state index contributed by atoms with van der Waals surface area (Å²) in [5.74, 6) is -0.848. The third-order valence-electron chi connectivity index (χ3n) is 3.45. The number of hydrogen-bond acceptors (Lipinski definition) is 5. The molecule has 2 heterocycles. The van der Waals surface area contributed by atoms with Crippen LogP contribution in [0.4, 0.5) is 18.9 Å². The van der Waals surface area contributed by atoms with E-state index in [1.807, 2.05) is 0 Å². The molecule has 12 heteroatoms. The maximum Gasteiger partial charge on any atom is 0.573 e. The molecule has 3 aromatic rings. The first kappa shape index (κ1) is 20.1. The van der Waals surface area contributed by atoms with Crippen LogP contribution in [-0.2, 0) is 17.1 Å². The molecule has 148 valence electrons. The van der Waals surface area contributed by atoms with Crippen LogP contribution in [-0.4, -0.2) is 29.5 Å². The Kier molecular flexibility index (Phi) is 5.35. The molecular formula is C16H12BrF3N4O3S. The second-order valence-electron chi connectivity index (χ2n) is 5.61. The number of hydrogen-bond donors (Lipinski definition) is 1. The Hall–Kier alpha value is -2.60. The van der Waals surface area contributed by atoms with Crippen molar-refractivity contribution in [3.05, 3.63) is 53.5 Å². The standard InChI is InChI=1S/C16H12BrF3N4O3S/c1-24-9-11(7-22-24)10-4-13(8-21-6-10)23-28(25,26)15-5-12(17)2-3-14(15)27-16(18,19)20/h2-9,23H,1H3. The van der Waals surface area contributed by atoms with E-state index in [1.165, 1.54) is 24.5 Å². The van der Waals surface area contributed by atoms with E-state index in [9.17, 15) is 21.6 Å². The summed E-state index contributed by atoms with van der Waals surface area (Å²) in [6.45, 7) is 0. The van der Waals surface area contributed by atoms with Crippen molar-refractivity contribution in [2.24, 2.45) is 7.05 Å². The first-order valence-corrected chi connectivity index (χ1v) is 9.83. The number of nitrogens with zero attached hydrogens (tertiary/aromatic N) is 3. The number of aryl methyl sites for hydroxylation is 1. The van der Waals surface area contributed by atoms with Gasteiger partial charge >= 0.3 is 6.36 Å². The number of alkyl halides is 3. The van der Waals surface area contributed by atoms with Gasteiger partial charge in [0.05, 0.1) is 18.1 Å². The fraction of sp³-hybridized carbons (Fsp3) is 0.125. The van der Waals surface area contributed by atoms with Gasteiger partial charge in [0.25, 0.3) is 10.0 Å². The molecule has 0 aliphatic carbocycles. The molecule has 1 aromatic carbocycles. The molecule has 0 spiro atoms. The first-order chi connectivity index (χ1) is 13.0. The van der Waals surface area contributed by atoms with Gasteiger partial charge in [-0.05, 0) is 24.3 Å². The Bertz CT molecular complexity index is 1120. The Morgan fingerprint density at radius 1 is 1.14 bits per heavy atom. The Morgan fingerprint density at radius 3 is 2.54 bits per heavy atom. The molecule has 0 unspecified atom stereocenters. The number of pyridine rings is 1. The van der Waals surface area contributed by atoms with Crippen LogP contribution < -0.4 is 9.46 Å². The van der Waals surface area contributed by atoms with Crippen molar-refractivity contribution in [2.45, 2.75) is 11.3 Å². The average molecular weight is 477 g/mol. The molecule has 0 atom stereocenters. The summed E-state index contributed by atoms with van der Waals surface area (Å²) >= 11 is 3.05. The van der Waals surface area contributed by atoms with Crippen LogP contribution in [0.5, 0.6) is 5.75 Å². The summed E-state index contributed by atoms with van der Waals surface area (Å²) in [6, 6.07) is 4.66. The summed E-state index contributed by atoms with van der Waals surface area (Å²) in [5.41, 5.74) is 1.34. The molecule has 0 bridgehead atoms. The minimum Gasteiger partial charge on any atom is -0.404 e. The average Bonchev–Trinajstić information content (AvgIpc) is 3.01. The predicted molar refractivity (Wildman–Crippen MR) is 98.1 cm³/mol. The Labute approximate surface area is 166 Å². The van der Waals surface area contributed by atoms with Crippen molar-refractivity contribution in [3.63, 3.8) is 0 Å². The maximum atomic E-state index is 12.7. The lowest BCUT2D eigenvalue weighted by Crippen LogP contribution is -2.21. The van der Waals surface area contributed by atoms with E-state index in [1.54, 1.807) is 24.1 Å². The van der Waals surface area contributed by atoms with Crippen molar-refractivity contribution in [2.75, 3.05) is 4.72 Å². The molecule has 7 nitrogen and oxygen atoms in total. The van der Waals surface area contributed by atoms with Gasteiger partial charge in [-0.15, -0.1) is 13.2 Å². The lowest BCUT2D eigenvalue weighted by Gasteiger charge is -2.15. The van der Waals surface area contributed by atoms with E-state index in [0.29, 0.717) is 11.1 Å². The zero-order chi connectivity index (χ0) is 20.5. The fourth-order valence-electron chi connectivity index (χ4n) is 2.33. The predicted octanol–water partition coefficient (Wildman–Crippen LogP) is 3.94. The number of ether oxygens (including phenoxy) is 1. The monoisotopic (exact) mass is 476 g/mol. The van der Waals surface area contributed by atoms with E-state index >= 15 is 0 Å². The molecule has 0 aliphatic heterocycles. The van der Waals surface area contributed by atoms with Gasteiger partial charge in [-0.25, -0.2) is 8.42 Å². The quantitative estimate of drug-likeness (QED) is 0.602. The van der Waals surface area contributed by atoms with Crippen LogP contribution >= 0.6 is 15.9 Å². The third kappa shape index (κ3) is 4.81. The van der Waals surface area contributed by atoms with Gasteiger partial charge in [-0.2, -0.15) is 5.10 Å². The van der Waals surface area contributed by atoms with Gasteiger partial charge in [-0.3, -0.25) is 14.4 Å². The van der Waals surface area contributed by atoms with Crippen molar-refractivity contribution < 1.29 is 26.3 Å². The topological polar surface area (TPSA) is 86.1 Å². The molecular weight excluding hydrogens is 465 g/mol. The van der Waals surface area contributed by atoms with Crippen LogP contribution in [0.25, 0.3) is 11.1 Å². The molecule has 0 radical (unpaired) electrons. The highest BCUT2D eigenvalue weighted by Crippen LogP contribution is 2.33. The lowest BCUT2D eigenvalue weighted by atomic mass is 10.1. The minimum atomic E-state index is -5.04. The molecule has 0 amide bonds. The molecule has 3 rings (SSSR count). The van der Waals surface area contributed by atoms with Gasteiger partial charge in [0.15, 0.2) is 0 Å². The fourth-order valence-corrected chi connectivity index (χ4v) is 4.04. The summed E-state index contributed by atoms with van der Waals surface area (Å²) in [5, 5.41) is 4.02. The highest BCUT2D eigenvalue weighted by Gasteiger charge is 2.34. The van der Waals surface area contributed by atoms with Crippen LogP contribution in [0, 0.1) is 0 Å². The number of nitrogens with one attached hydrogen (secondary N) is 1. The summed E-state index contributed by atoms with van der Waals surface area (Å²) in [6.07, 6.45) is 0.976. The van der Waals surface area contributed by atoms with Crippen molar-refractivity contribution >= 4 is 31.6 Å². The van der Waals surface area contributed by atoms with Gasteiger partial charge in [-0.1, -0.05) is 15.9 Å². The maximum absolute atomic E-state index is 12.7. The molecule has 0 aliphatic rings. The number of halogens is 4. The van der Waals surface area contributed by atoms with Crippen molar-refractivity contribution in [1.29, 1.82) is 0 Å². The Balaban J connectivity index is 1.96. The number of benzene rings is 1. The first-order valence-electron chi connectivity index (χ1n) is 7.56. The zero-order valence-corrected chi connectivity index (χ0v) is 16.5. The van der Waals surface area contributed by atoms with E-state index in [0.717, 1.165) is 12.1 Å². The second kappa shape index (κ2) is 7.43. The SMILES string of the molecule is Cn1cc(-c2cncc(NS(=O)(=O)c3cc(Br)ccc3OC(F)(F)F)c2)cn1. The van der Waals surface area contributed by atoms with Crippen molar-refractivity contribution in [3.8, 4) is 16.9 Å². The molecule has 1 N–H and O–H groups in total. The summed E-state index contributed by atoms with van der Waals surface area (Å²) in [7, 11) is -2.68. The number of sulfonamides is 1. The van der Waals surface area contributed by atoms with Crippen LogP contribution in [0.1, 0.15) is 0 Å². The lowest BCUT2D eigenvalue weighted by molar-refractivity contribution is -0.275. The normalized spacial score (nSPS) is 12.0. The van der Waals surface area contributed by atoms with Crippen LogP contribution in [0.2, 0.25) is 0 Å². The summed E-state index contributed by atoms with van der Waals surface area (Å²) < 4.78 is 71.1. The number of aromatic nitrogens is 3. The summed E-state index contributed by atoms with van der Waals surface area (Å²) in [4.78, 5) is 3.29. The second-order valence-corrected chi connectivity index (χ2v) is 8.18. The number of rotatable bonds is 5. The van der Waals surface area contributed by atoms with E-state index < -0.39 is 27.0 Å². The van der Waals surface area contributed by atoms with E-state index in [2.05, 4.69) is 35.5 Å². The zero-order valence-electron chi connectivity index (χ0n) is 14.1. The molecule has 2 aromatic heterocycles. The molecule has 0 fully saturated rings. The highest BCUT2D eigenvalue weighted by molar-refractivity contribution is 9.10. The van der Waals surface area contributed by atoms with Gasteiger partial charge < -0.3 is 4.74 Å². The largest absolute Gasteiger partial charge is 0.573 e. The van der Waals surface area contributed by atoms with Crippen LogP contribution in [0.15, 0.2) is 58.4 Å².